The minimum Gasteiger partial charge on any atom is -0.457 e. The van der Waals surface area contributed by atoms with Crippen LogP contribution in [0.2, 0.25) is 0 Å². The van der Waals surface area contributed by atoms with E-state index in [1.165, 1.54) is 0 Å². The Hall–Kier alpha value is -6.34. The molecule has 0 spiro atoms. The normalized spacial score (nSPS) is 11.6. The number of hydrogen-bond acceptors (Lipinski definition) is 6. The molecule has 9 aromatic rings. The summed E-state index contributed by atoms with van der Waals surface area (Å²) in [5.41, 5.74) is 6.61. The van der Waals surface area contributed by atoms with Crippen LogP contribution in [0.15, 0.2) is 149 Å². The van der Waals surface area contributed by atoms with Crippen LogP contribution in [0.5, 0.6) is 11.5 Å². The summed E-state index contributed by atoms with van der Waals surface area (Å²) in [7, 11) is 1.92. The first-order valence-electron chi connectivity index (χ1n) is 15.0. The van der Waals surface area contributed by atoms with Gasteiger partial charge in [-0.2, -0.15) is 5.10 Å². The van der Waals surface area contributed by atoms with Gasteiger partial charge in [-0.3, -0.25) is 9.58 Å². The van der Waals surface area contributed by atoms with E-state index < -0.39 is 0 Å². The van der Waals surface area contributed by atoms with Crippen LogP contribution < -0.4 is 9.64 Å². The SMILES string of the molecule is Cn1ccc(-c2cc(Oc3cc(N(c4ccccc4)c4ccccn4)c4oc5ccccc5c4c3)cc3oc4ccccc4c23)n1. The van der Waals surface area contributed by atoms with Gasteiger partial charge in [0.2, 0.25) is 0 Å². The van der Waals surface area contributed by atoms with Gasteiger partial charge in [-0.1, -0.05) is 60.7 Å². The number of benzene rings is 5. The van der Waals surface area contributed by atoms with Crippen molar-refractivity contribution in [3.8, 4) is 22.8 Å². The molecule has 7 nitrogen and oxygen atoms in total. The molecule has 4 aromatic heterocycles. The van der Waals surface area contributed by atoms with E-state index in [1.807, 2.05) is 116 Å². The first-order chi connectivity index (χ1) is 22.7. The van der Waals surface area contributed by atoms with E-state index in [9.17, 15) is 0 Å². The monoisotopic (exact) mass is 598 g/mol. The number of aromatic nitrogens is 3. The number of nitrogens with zero attached hydrogens (tertiary/aromatic N) is 4. The first-order valence-corrected chi connectivity index (χ1v) is 15.0. The molecule has 0 aliphatic rings. The molecule has 0 bridgehead atoms. The number of pyridine rings is 1. The Morgan fingerprint density at radius 1 is 0.652 bits per heavy atom. The summed E-state index contributed by atoms with van der Waals surface area (Å²) in [5, 5.41) is 8.71. The highest BCUT2D eigenvalue weighted by Gasteiger charge is 2.23. The number of fused-ring (bicyclic) bond motifs is 6. The van der Waals surface area contributed by atoms with Gasteiger partial charge in [0, 0.05) is 64.4 Å². The quantitative estimate of drug-likeness (QED) is 0.190. The molecule has 7 heteroatoms. The Labute approximate surface area is 263 Å². The third-order valence-corrected chi connectivity index (χ3v) is 8.24. The summed E-state index contributed by atoms with van der Waals surface area (Å²) >= 11 is 0. The van der Waals surface area contributed by atoms with Crippen molar-refractivity contribution >= 4 is 61.1 Å². The summed E-state index contributed by atoms with van der Waals surface area (Å²) < 4.78 is 21.4. The molecule has 0 N–H and O–H groups in total. The molecule has 4 heterocycles. The lowest BCUT2D eigenvalue weighted by Crippen LogP contribution is -2.11. The first kappa shape index (κ1) is 26.1. The van der Waals surface area contributed by atoms with Crippen LogP contribution >= 0.6 is 0 Å². The zero-order valence-corrected chi connectivity index (χ0v) is 24.8. The van der Waals surface area contributed by atoms with Crippen molar-refractivity contribution in [2.24, 2.45) is 7.05 Å². The molecule has 0 atom stereocenters. The Morgan fingerprint density at radius 3 is 2.17 bits per heavy atom. The maximum Gasteiger partial charge on any atom is 0.159 e. The summed E-state index contributed by atoms with van der Waals surface area (Å²) in [5.74, 6) is 2.04. The predicted molar refractivity (Wildman–Crippen MR) is 182 cm³/mol. The van der Waals surface area contributed by atoms with Crippen molar-refractivity contribution in [2.45, 2.75) is 0 Å². The van der Waals surface area contributed by atoms with Gasteiger partial charge in [-0.15, -0.1) is 0 Å². The van der Waals surface area contributed by atoms with Crippen molar-refractivity contribution < 1.29 is 13.6 Å². The highest BCUT2D eigenvalue weighted by Crippen LogP contribution is 2.45. The van der Waals surface area contributed by atoms with Crippen molar-refractivity contribution in [1.29, 1.82) is 0 Å². The predicted octanol–water partition coefficient (Wildman–Crippen LogP) is 10.5. The van der Waals surface area contributed by atoms with Crippen LogP contribution in [-0.4, -0.2) is 14.8 Å². The van der Waals surface area contributed by atoms with Gasteiger partial charge in [-0.05, 0) is 54.6 Å². The fraction of sp³-hybridized carbons (Fsp3) is 0.0256. The van der Waals surface area contributed by atoms with E-state index in [2.05, 4.69) is 29.2 Å². The zero-order chi connectivity index (χ0) is 30.6. The van der Waals surface area contributed by atoms with Gasteiger partial charge in [-0.25, -0.2) is 4.98 Å². The lowest BCUT2D eigenvalue weighted by molar-refractivity contribution is 0.483. The molecular formula is C39H26N4O3. The molecule has 0 saturated heterocycles. The fourth-order valence-corrected chi connectivity index (χ4v) is 6.25. The van der Waals surface area contributed by atoms with Gasteiger partial charge in [0.25, 0.3) is 0 Å². The van der Waals surface area contributed by atoms with Crippen LogP contribution in [0.3, 0.4) is 0 Å². The van der Waals surface area contributed by atoms with Gasteiger partial charge in [0.15, 0.2) is 5.58 Å². The van der Waals surface area contributed by atoms with E-state index in [1.54, 1.807) is 10.9 Å². The molecule has 46 heavy (non-hydrogen) atoms. The molecule has 0 unspecified atom stereocenters. The lowest BCUT2D eigenvalue weighted by atomic mass is 10.0. The summed E-state index contributed by atoms with van der Waals surface area (Å²) in [6.07, 6.45) is 3.74. The van der Waals surface area contributed by atoms with Gasteiger partial charge in [0.05, 0.1) is 11.4 Å². The smallest absolute Gasteiger partial charge is 0.159 e. The lowest BCUT2D eigenvalue weighted by Gasteiger charge is -2.24. The highest BCUT2D eigenvalue weighted by atomic mass is 16.5. The van der Waals surface area contributed by atoms with Crippen molar-refractivity contribution in [3.05, 3.63) is 140 Å². The van der Waals surface area contributed by atoms with E-state index in [0.717, 1.165) is 72.3 Å². The van der Waals surface area contributed by atoms with E-state index in [4.69, 9.17) is 23.7 Å². The number of anilines is 3. The Kier molecular flexibility index (Phi) is 5.89. The Bertz CT molecular complexity index is 2490. The van der Waals surface area contributed by atoms with Crippen LogP contribution in [0.25, 0.3) is 55.1 Å². The average Bonchev–Trinajstić information content (AvgIpc) is 3.80. The van der Waals surface area contributed by atoms with Gasteiger partial charge < -0.3 is 13.6 Å². The van der Waals surface area contributed by atoms with Crippen LogP contribution in [0.1, 0.15) is 0 Å². The number of ether oxygens (including phenoxy) is 1. The molecular weight excluding hydrogens is 572 g/mol. The summed E-state index contributed by atoms with van der Waals surface area (Å²) in [4.78, 5) is 6.83. The molecule has 0 radical (unpaired) electrons. The highest BCUT2D eigenvalue weighted by molar-refractivity contribution is 6.13. The fourth-order valence-electron chi connectivity index (χ4n) is 6.25. The molecule has 5 aromatic carbocycles. The molecule has 0 fully saturated rings. The minimum absolute atomic E-state index is 0.634. The second-order valence-electron chi connectivity index (χ2n) is 11.2. The maximum absolute atomic E-state index is 6.76. The Morgan fingerprint density at radius 2 is 1.39 bits per heavy atom. The van der Waals surface area contributed by atoms with Crippen molar-refractivity contribution in [1.82, 2.24) is 14.8 Å². The number of aryl methyl sites for hydroxylation is 1. The van der Waals surface area contributed by atoms with Crippen LogP contribution in [-0.2, 0) is 7.05 Å². The second kappa shape index (κ2) is 10.4. The zero-order valence-electron chi connectivity index (χ0n) is 24.8. The third-order valence-electron chi connectivity index (χ3n) is 8.24. The van der Waals surface area contributed by atoms with Crippen molar-refractivity contribution in [2.75, 3.05) is 4.90 Å². The van der Waals surface area contributed by atoms with E-state index in [0.29, 0.717) is 11.5 Å². The summed E-state index contributed by atoms with van der Waals surface area (Å²) in [6.45, 7) is 0. The average molecular weight is 599 g/mol. The van der Waals surface area contributed by atoms with Crippen LogP contribution in [0, 0.1) is 0 Å². The number of furan rings is 2. The second-order valence-corrected chi connectivity index (χ2v) is 11.2. The molecule has 0 amide bonds. The third kappa shape index (κ3) is 4.29. The van der Waals surface area contributed by atoms with E-state index >= 15 is 0 Å². The Balaban J connectivity index is 1.27. The molecule has 9 rings (SSSR count). The topological polar surface area (TPSA) is 69.5 Å². The molecule has 220 valence electrons. The van der Waals surface area contributed by atoms with Crippen LogP contribution in [0.4, 0.5) is 17.2 Å². The van der Waals surface area contributed by atoms with Crippen molar-refractivity contribution in [3.63, 3.8) is 0 Å². The number of hydrogen-bond donors (Lipinski definition) is 0. The largest absolute Gasteiger partial charge is 0.457 e. The standard InChI is InChI=1S/C39H26N4O3/c1-42-20-18-32(41-42)31-22-27(24-36-38(31)29-14-6-8-16-35(29)45-36)44-26-21-30-28-13-5-7-15-34(28)46-39(30)33(23-26)43(25-11-3-2-4-12-25)37-17-9-10-19-40-37/h2-24H,1H3. The van der Waals surface area contributed by atoms with Gasteiger partial charge in [0.1, 0.15) is 34.1 Å². The molecule has 0 aliphatic carbocycles. The number of rotatable bonds is 6. The molecule has 0 saturated carbocycles. The maximum atomic E-state index is 6.76. The van der Waals surface area contributed by atoms with E-state index in [-0.39, 0.29) is 0 Å². The molecule has 0 aliphatic heterocycles. The number of para-hydroxylation sites is 3. The summed E-state index contributed by atoms with van der Waals surface area (Å²) in [6, 6.07) is 42.2. The minimum atomic E-state index is 0.634. The van der Waals surface area contributed by atoms with Gasteiger partial charge >= 0.3 is 0 Å².